The molecule has 4 nitrogen and oxygen atoms in total. The van der Waals surface area contributed by atoms with Crippen LogP contribution in [0.15, 0.2) is 84.9 Å². The van der Waals surface area contributed by atoms with Gasteiger partial charge in [-0.25, -0.2) is 0 Å². The van der Waals surface area contributed by atoms with E-state index in [9.17, 15) is 15.3 Å². The molecular weight excluding hydrogens is 517 g/mol. The third-order valence-corrected chi connectivity index (χ3v) is 11.5. The van der Waals surface area contributed by atoms with Crippen molar-refractivity contribution in [3.63, 3.8) is 0 Å². The smallest absolute Gasteiger partial charge is 0.160 e. The minimum absolute atomic E-state index is 0.125. The van der Waals surface area contributed by atoms with Crippen LogP contribution in [0, 0.1) is 0 Å². The van der Waals surface area contributed by atoms with E-state index in [4.69, 9.17) is 4.74 Å². The number of phenolic OH excluding ortho intramolecular Hbond substituents is 3. The third-order valence-electron chi connectivity index (χ3n) is 6.16. The summed E-state index contributed by atoms with van der Waals surface area (Å²) >= 11 is 6.80. The number of fused-ring (bicyclic) bond motifs is 5. The molecule has 0 bridgehead atoms. The molecule has 3 heterocycles. The fourth-order valence-corrected chi connectivity index (χ4v) is 9.62. The highest BCUT2D eigenvalue weighted by molar-refractivity contribution is 8.35. The van der Waals surface area contributed by atoms with E-state index in [0.29, 0.717) is 11.3 Å². The molecule has 8 heteroatoms. The molecule has 3 aliphatic heterocycles. The lowest BCUT2D eigenvalue weighted by molar-refractivity contribution is 0.244. The largest absolute Gasteiger partial charge is 0.508 e. The third kappa shape index (κ3) is 3.42. The van der Waals surface area contributed by atoms with Crippen LogP contribution in [-0.4, -0.2) is 15.3 Å². The Hall–Kier alpha value is -2.78. The Morgan fingerprint density at radius 3 is 2.11 bits per heavy atom. The van der Waals surface area contributed by atoms with E-state index in [-0.39, 0.29) is 17.2 Å². The maximum atomic E-state index is 11.0. The molecule has 1 atom stereocenters. The van der Waals surface area contributed by atoms with Crippen molar-refractivity contribution in [1.29, 1.82) is 0 Å². The molecule has 172 valence electrons. The molecule has 0 radical (unpaired) electrons. The van der Waals surface area contributed by atoms with Crippen molar-refractivity contribution in [2.24, 2.45) is 0 Å². The lowest BCUT2D eigenvalue weighted by Crippen LogP contribution is -2.15. The maximum absolute atomic E-state index is 11.0. The number of benzene rings is 4. The minimum atomic E-state index is -0.544. The molecule has 4 aromatic rings. The average Bonchev–Trinajstić information content (AvgIpc) is 3.53. The summed E-state index contributed by atoms with van der Waals surface area (Å²) in [5, 5.41) is 39.3. The number of aromatic hydroxyl groups is 3. The fraction of sp³-hybridized carbons (Fsp3) is 0.0370. The summed E-state index contributed by atoms with van der Waals surface area (Å²) < 4.78 is 9.05. The van der Waals surface area contributed by atoms with E-state index in [1.165, 1.54) is 8.47 Å². The number of hydrogen-bond donors (Lipinski definition) is 3. The highest BCUT2D eigenvalue weighted by Crippen LogP contribution is 2.66. The molecule has 0 aromatic heterocycles. The van der Waals surface area contributed by atoms with E-state index >= 15 is 0 Å². The van der Waals surface area contributed by atoms with Gasteiger partial charge in [-0.15, -0.1) is 0 Å². The van der Waals surface area contributed by atoms with Gasteiger partial charge in [0, 0.05) is 16.0 Å². The summed E-state index contributed by atoms with van der Waals surface area (Å²) in [6, 6.07) is 18.0. The summed E-state index contributed by atoms with van der Waals surface area (Å²) in [6.07, 6.45) is -0.544. The quantitative estimate of drug-likeness (QED) is 0.225. The second kappa shape index (κ2) is 8.13. The summed E-state index contributed by atoms with van der Waals surface area (Å²) in [7, 11) is 0. The van der Waals surface area contributed by atoms with Crippen LogP contribution in [0.2, 0.25) is 0 Å². The molecule has 4 aromatic carbocycles. The van der Waals surface area contributed by atoms with Crippen molar-refractivity contribution < 1.29 is 20.1 Å². The normalized spacial score (nSPS) is 18.9. The van der Waals surface area contributed by atoms with Gasteiger partial charge in [0.05, 0.1) is 13.4 Å². The van der Waals surface area contributed by atoms with Crippen LogP contribution in [0.3, 0.4) is 0 Å². The molecule has 0 saturated carbocycles. The predicted molar refractivity (Wildman–Crippen MR) is 150 cm³/mol. The van der Waals surface area contributed by atoms with Crippen LogP contribution < -0.4 is 4.74 Å². The van der Waals surface area contributed by atoms with E-state index in [2.05, 4.69) is 10.8 Å². The van der Waals surface area contributed by atoms with Crippen molar-refractivity contribution in [2.75, 3.05) is 0 Å². The monoisotopic (exact) mass is 532 g/mol. The molecule has 3 aliphatic rings. The van der Waals surface area contributed by atoms with Crippen molar-refractivity contribution in [3.05, 3.63) is 96.0 Å². The topological polar surface area (TPSA) is 69.9 Å². The first kappa shape index (κ1) is 21.5. The Labute approximate surface area is 217 Å². The zero-order valence-corrected chi connectivity index (χ0v) is 21.2. The van der Waals surface area contributed by atoms with Crippen molar-refractivity contribution >= 4 is 73.5 Å². The van der Waals surface area contributed by atoms with Gasteiger partial charge >= 0.3 is 0 Å². The van der Waals surface area contributed by atoms with E-state index in [0.717, 1.165) is 36.9 Å². The number of rotatable bonds is 1. The first-order chi connectivity index (χ1) is 17.1. The zero-order valence-electron chi connectivity index (χ0n) is 17.9. The Morgan fingerprint density at radius 2 is 1.34 bits per heavy atom. The van der Waals surface area contributed by atoms with Gasteiger partial charge in [0.1, 0.15) is 23.0 Å². The number of ether oxygens (including phenoxy) is 1. The lowest BCUT2D eigenvalue weighted by atomic mass is 9.94. The number of phenols is 3. The molecule has 3 N–H and O–H groups in total. The lowest BCUT2D eigenvalue weighted by Gasteiger charge is -2.29. The van der Waals surface area contributed by atoms with Crippen LogP contribution >= 0.6 is 47.0 Å². The minimum Gasteiger partial charge on any atom is -0.508 e. The van der Waals surface area contributed by atoms with Crippen LogP contribution in [0.25, 0.3) is 26.5 Å². The molecule has 0 saturated heterocycles. The first-order valence-corrected chi connectivity index (χ1v) is 14.2. The Kier molecular flexibility index (Phi) is 4.99. The van der Waals surface area contributed by atoms with Gasteiger partial charge < -0.3 is 20.1 Å². The summed E-state index contributed by atoms with van der Waals surface area (Å²) in [4.78, 5) is 2.07. The van der Waals surface area contributed by atoms with Gasteiger partial charge in [-0.3, -0.25) is 0 Å². The van der Waals surface area contributed by atoms with E-state index in [1.807, 2.05) is 30.3 Å². The molecule has 0 amide bonds. The number of hydrogen-bond acceptors (Lipinski definition) is 8. The summed E-state index contributed by atoms with van der Waals surface area (Å²) in [5.74, 6) is 1.17. The first-order valence-electron chi connectivity index (χ1n) is 10.8. The number of thioether (sulfide) groups is 4. The van der Waals surface area contributed by atoms with Gasteiger partial charge in [-0.1, -0.05) is 71.3 Å². The summed E-state index contributed by atoms with van der Waals surface area (Å²) in [6.45, 7) is 0. The maximum Gasteiger partial charge on any atom is 0.160 e. The van der Waals surface area contributed by atoms with E-state index in [1.54, 1.807) is 77.4 Å². The highest BCUT2D eigenvalue weighted by atomic mass is 32.2. The zero-order chi connectivity index (χ0) is 23.7. The van der Waals surface area contributed by atoms with Crippen LogP contribution in [0.5, 0.6) is 23.0 Å². The summed E-state index contributed by atoms with van der Waals surface area (Å²) in [5.41, 5.74) is 1.60. The molecule has 0 spiro atoms. The van der Waals surface area contributed by atoms with Crippen LogP contribution in [0.1, 0.15) is 17.2 Å². The van der Waals surface area contributed by atoms with Gasteiger partial charge in [0.15, 0.2) is 6.10 Å². The van der Waals surface area contributed by atoms with Crippen LogP contribution in [0.4, 0.5) is 0 Å². The molecule has 0 aliphatic carbocycles. The van der Waals surface area contributed by atoms with Crippen LogP contribution in [-0.2, 0) is 0 Å². The van der Waals surface area contributed by atoms with E-state index < -0.39 is 6.10 Å². The molecule has 35 heavy (non-hydrogen) atoms. The average molecular weight is 533 g/mol. The van der Waals surface area contributed by atoms with Crippen molar-refractivity contribution in [2.45, 2.75) is 6.10 Å². The second-order valence-corrected chi connectivity index (χ2v) is 12.6. The Morgan fingerprint density at radius 1 is 0.686 bits per heavy atom. The SMILES string of the molecule is Oc1ccc2ccc3c(c2c1)C1=C(SC(=C2SC=CS2)S1)C(c1c(O)ccc2ccc(O)cc12)O3. The molecular formula is C27H16O4S4. The van der Waals surface area contributed by atoms with Gasteiger partial charge in [0.25, 0.3) is 0 Å². The Balaban J connectivity index is 1.50. The van der Waals surface area contributed by atoms with Crippen molar-refractivity contribution in [1.82, 2.24) is 0 Å². The standard InChI is InChI=1S/C27H16O4S4/c28-15-5-1-13-3-7-19(30)21(17(13)11-15)23-25-24(34-27(35-25)26-32-9-10-33-26)22-18-12-16(29)6-2-14(18)4-8-20(22)31-23/h1-12,23,28-30H. The van der Waals surface area contributed by atoms with Crippen molar-refractivity contribution in [3.8, 4) is 23.0 Å². The Bertz CT molecular complexity index is 1660. The second-order valence-electron chi connectivity index (χ2n) is 8.23. The molecule has 7 rings (SSSR count). The molecule has 0 fully saturated rings. The highest BCUT2D eigenvalue weighted by Gasteiger charge is 2.40. The van der Waals surface area contributed by atoms with Gasteiger partial charge in [-0.05, 0) is 68.8 Å². The van der Waals surface area contributed by atoms with Gasteiger partial charge in [-0.2, -0.15) is 0 Å². The predicted octanol–water partition coefficient (Wildman–Crippen LogP) is 8.47. The molecule has 1 unspecified atom stereocenters. The van der Waals surface area contributed by atoms with Gasteiger partial charge in [0.2, 0.25) is 0 Å². The fourth-order valence-electron chi connectivity index (χ4n) is 4.63.